The fourth-order valence-corrected chi connectivity index (χ4v) is 2.28. The lowest BCUT2D eigenvalue weighted by Crippen LogP contribution is -2.05. The number of carbonyl (C=O) groups is 2. The van der Waals surface area contributed by atoms with Gasteiger partial charge in [0.05, 0.1) is 12.1 Å². The molecule has 4 nitrogen and oxygen atoms in total. The van der Waals surface area contributed by atoms with Crippen LogP contribution in [-0.2, 0) is 16.0 Å². The minimum atomic E-state index is -0.286. The van der Waals surface area contributed by atoms with Crippen LogP contribution in [0, 0.1) is 0 Å². The Morgan fingerprint density at radius 3 is 2.67 bits per heavy atom. The molecule has 0 spiro atoms. The minimum Gasteiger partial charge on any atom is -0.463 e. The normalized spacial score (nSPS) is 11.7. The summed E-state index contributed by atoms with van der Waals surface area (Å²) in [5.74, 6) is -0.300. The third-order valence-corrected chi connectivity index (χ3v) is 3.39. The zero-order chi connectivity index (χ0) is 15.4. The monoisotopic (exact) mass is 285 g/mol. The zero-order valence-corrected chi connectivity index (χ0v) is 12.6. The van der Waals surface area contributed by atoms with Crippen molar-refractivity contribution in [3.05, 3.63) is 47.7 Å². The number of ether oxygens (including phenoxy) is 1. The molecule has 0 aliphatic carbocycles. The highest BCUT2D eigenvalue weighted by molar-refractivity contribution is 5.93. The van der Waals surface area contributed by atoms with Crippen LogP contribution in [0.4, 0.5) is 0 Å². The molecule has 0 fully saturated rings. The smallest absolute Gasteiger partial charge is 0.333 e. The van der Waals surface area contributed by atoms with Crippen LogP contribution in [0.3, 0.4) is 0 Å². The van der Waals surface area contributed by atoms with E-state index < -0.39 is 0 Å². The molecule has 0 aliphatic heterocycles. The molecule has 0 bridgehead atoms. The van der Waals surface area contributed by atoms with E-state index >= 15 is 0 Å². The van der Waals surface area contributed by atoms with Gasteiger partial charge < -0.3 is 4.74 Å². The molecular weight excluding hydrogens is 266 g/mol. The van der Waals surface area contributed by atoms with Gasteiger partial charge in [0.15, 0.2) is 0 Å². The highest BCUT2D eigenvalue weighted by Gasteiger charge is 2.08. The predicted octanol–water partition coefficient (Wildman–Crippen LogP) is 3.35. The molecule has 1 aromatic carbocycles. The molecule has 0 saturated carbocycles. The number of nitrogens with zero attached hydrogens (tertiary/aromatic N) is 1. The van der Waals surface area contributed by atoms with Crippen LogP contribution in [0.2, 0.25) is 0 Å². The quantitative estimate of drug-likeness (QED) is 0.639. The summed E-state index contributed by atoms with van der Waals surface area (Å²) in [7, 11) is 0. The van der Waals surface area contributed by atoms with Gasteiger partial charge in [-0.1, -0.05) is 18.2 Å². The van der Waals surface area contributed by atoms with Crippen molar-refractivity contribution < 1.29 is 14.3 Å². The number of fused-ring (bicyclic) bond motifs is 1. The molecule has 0 N–H and O–H groups in total. The number of hydrogen-bond donors (Lipinski definition) is 0. The van der Waals surface area contributed by atoms with Gasteiger partial charge >= 0.3 is 5.97 Å². The first-order valence-corrected chi connectivity index (χ1v) is 6.98. The Bertz CT molecular complexity index is 710. The molecule has 2 rings (SSSR count). The van der Waals surface area contributed by atoms with E-state index in [1.807, 2.05) is 30.3 Å². The summed E-state index contributed by atoms with van der Waals surface area (Å²) in [6.45, 7) is 5.45. The first kappa shape index (κ1) is 15.0. The van der Waals surface area contributed by atoms with E-state index in [4.69, 9.17) is 4.74 Å². The molecule has 1 heterocycles. The number of benzene rings is 1. The van der Waals surface area contributed by atoms with Crippen molar-refractivity contribution in [2.75, 3.05) is 6.61 Å². The number of carbonyl (C=O) groups excluding carboxylic acids is 2. The lowest BCUT2D eigenvalue weighted by atomic mass is 10.1. The molecule has 2 aromatic rings. The van der Waals surface area contributed by atoms with E-state index in [1.165, 1.54) is 6.92 Å². The van der Waals surface area contributed by atoms with Crippen molar-refractivity contribution in [2.24, 2.45) is 0 Å². The Hall–Kier alpha value is -2.36. The third kappa shape index (κ3) is 3.21. The first-order valence-electron chi connectivity index (χ1n) is 6.98. The lowest BCUT2D eigenvalue weighted by Gasteiger charge is -2.04. The van der Waals surface area contributed by atoms with Crippen LogP contribution in [0.5, 0.6) is 0 Å². The summed E-state index contributed by atoms with van der Waals surface area (Å²) >= 11 is 0. The van der Waals surface area contributed by atoms with E-state index in [2.05, 4.69) is 0 Å². The molecular formula is C17H19NO3. The number of hydrogen-bond acceptors (Lipinski definition) is 3. The van der Waals surface area contributed by atoms with Crippen LogP contribution in [-0.4, -0.2) is 23.1 Å². The predicted molar refractivity (Wildman–Crippen MR) is 82.3 cm³/mol. The van der Waals surface area contributed by atoms with Crippen LogP contribution >= 0.6 is 0 Å². The van der Waals surface area contributed by atoms with Gasteiger partial charge in [0.25, 0.3) is 0 Å². The number of rotatable bonds is 4. The summed E-state index contributed by atoms with van der Waals surface area (Å²) in [6.07, 6.45) is 4.26. The fraction of sp³-hybridized carbons (Fsp3) is 0.294. The molecule has 4 heteroatoms. The van der Waals surface area contributed by atoms with Crippen molar-refractivity contribution >= 4 is 22.8 Å². The van der Waals surface area contributed by atoms with E-state index in [9.17, 15) is 9.59 Å². The SMILES string of the molecule is CCOC(=O)/C(C)=C\Cc1cccc2c1ccn2C(C)=O. The van der Waals surface area contributed by atoms with E-state index in [0.717, 1.165) is 16.5 Å². The average Bonchev–Trinajstić information content (AvgIpc) is 2.89. The Balaban J connectivity index is 2.29. The molecule has 0 aliphatic rings. The first-order chi connectivity index (χ1) is 10.0. The maximum absolute atomic E-state index is 11.6. The number of allylic oxidation sites excluding steroid dienone is 1. The molecule has 0 atom stereocenters. The largest absolute Gasteiger partial charge is 0.463 e. The van der Waals surface area contributed by atoms with Crippen LogP contribution in [0.1, 0.15) is 31.1 Å². The minimum absolute atomic E-state index is 0.0135. The second-order valence-electron chi connectivity index (χ2n) is 4.87. The molecule has 0 radical (unpaired) electrons. The van der Waals surface area contributed by atoms with Gasteiger partial charge in [-0.05, 0) is 38.0 Å². The Labute approximate surface area is 124 Å². The molecule has 21 heavy (non-hydrogen) atoms. The fourth-order valence-electron chi connectivity index (χ4n) is 2.28. The van der Waals surface area contributed by atoms with Gasteiger partial charge in [-0.25, -0.2) is 4.79 Å². The summed E-state index contributed by atoms with van der Waals surface area (Å²) < 4.78 is 6.58. The molecule has 1 aromatic heterocycles. The average molecular weight is 285 g/mol. The zero-order valence-electron chi connectivity index (χ0n) is 12.6. The standard InChI is InChI=1S/C17H19NO3/c1-4-21-17(20)12(2)8-9-14-6-5-7-16-15(14)10-11-18(16)13(3)19/h5-8,10-11H,4,9H2,1-3H3/b12-8-. The Kier molecular flexibility index (Phi) is 4.58. The number of esters is 1. The van der Waals surface area contributed by atoms with Crippen molar-refractivity contribution in [3.8, 4) is 0 Å². The topological polar surface area (TPSA) is 48.3 Å². The van der Waals surface area contributed by atoms with E-state index in [0.29, 0.717) is 18.6 Å². The van der Waals surface area contributed by atoms with Crippen molar-refractivity contribution in [1.82, 2.24) is 4.57 Å². The Morgan fingerprint density at radius 2 is 2.00 bits per heavy atom. The van der Waals surface area contributed by atoms with Crippen molar-refractivity contribution in [3.63, 3.8) is 0 Å². The lowest BCUT2D eigenvalue weighted by molar-refractivity contribution is -0.138. The Morgan fingerprint density at radius 1 is 1.24 bits per heavy atom. The highest BCUT2D eigenvalue weighted by Crippen LogP contribution is 2.21. The maximum Gasteiger partial charge on any atom is 0.333 e. The van der Waals surface area contributed by atoms with Crippen LogP contribution < -0.4 is 0 Å². The highest BCUT2D eigenvalue weighted by atomic mass is 16.5. The second kappa shape index (κ2) is 6.39. The molecule has 0 unspecified atom stereocenters. The molecule has 0 amide bonds. The molecule has 110 valence electrons. The van der Waals surface area contributed by atoms with Crippen LogP contribution in [0.25, 0.3) is 10.9 Å². The summed E-state index contributed by atoms with van der Waals surface area (Å²) in [5, 5.41) is 1.03. The molecule has 0 saturated heterocycles. The summed E-state index contributed by atoms with van der Waals surface area (Å²) in [5.41, 5.74) is 2.57. The second-order valence-corrected chi connectivity index (χ2v) is 4.87. The van der Waals surface area contributed by atoms with Gasteiger partial charge in [0.1, 0.15) is 0 Å². The van der Waals surface area contributed by atoms with Crippen molar-refractivity contribution in [2.45, 2.75) is 27.2 Å². The number of aromatic nitrogens is 1. The summed E-state index contributed by atoms with van der Waals surface area (Å²) in [4.78, 5) is 23.1. The van der Waals surface area contributed by atoms with Gasteiger partial charge in [-0.2, -0.15) is 0 Å². The van der Waals surface area contributed by atoms with E-state index in [-0.39, 0.29) is 11.9 Å². The van der Waals surface area contributed by atoms with E-state index in [1.54, 1.807) is 24.6 Å². The van der Waals surface area contributed by atoms with Gasteiger partial charge in [-0.15, -0.1) is 0 Å². The van der Waals surface area contributed by atoms with Gasteiger partial charge in [0, 0.05) is 24.1 Å². The maximum atomic E-state index is 11.6. The summed E-state index contributed by atoms with van der Waals surface area (Å²) in [6, 6.07) is 7.77. The van der Waals surface area contributed by atoms with Gasteiger partial charge in [0.2, 0.25) is 5.91 Å². The van der Waals surface area contributed by atoms with Crippen molar-refractivity contribution in [1.29, 1.82) is 0 Å². The third-order valence-electron chi connectivity index (χ3n) is 3.39. The van der Waals surface area contributed by atoms with Crippen LogP contribution in [0.15, 0.2) is 42.1 Å². The van der Waals surface area contributed by atoms with Gasteiger partial charge in [-0.3, -0.25) is 9.36 Å².